The standard InChI is InChI=1S/C20H16F3NO5/c1-12(18(25)24-11-15-6-3-9-27-15)28-19(26)17-8-7-16(29-17)13-4-2-5-14(10-13)20(21,22)23/h2-10,12H,11H2,1H3,(H,24,25). The number of alkyl halides is 3. The van der Waals surface area contributed by atoms with Crippen molar-refractivity contribution in [2.24, 2.45) is 0 Å². The van der Waals surface area contributed by atoms with E-state index in [1.165, 1.54) is 37.5 Å². The first-order valence-corrected chi connectivity index (χ1v) is 8.52. The number of rotatable bonds is 6. The Bertz CT molecular complexity index is 992. The Morgan fingerprint density at radius 3 is 2.62 bits per heavy atom. The third-order valence-corrected chi connectivity index (χ3v) is 3.95. The fourth-order valence-corrected chi connectivity index (χ4v) is 2.45. The van der Waals surface area contributed by atoms with Crippen LogP contribution < -0.4 is 5.32 Å². The fourth-order valence-electron chi connectivity index (χ4n) is 2.45. The zero-order valence-electron chi connectivity index (χ0n) is 15.2. The number of carbonyl (C=O) groups is 2. The monoisotopic (exact) mass is 407 g/mol. The van der Waals surface area contributed by atoms with Gasteiger partial charge in [-0.1, -0.05) is 12.1 Å². The first-order chi connectivity index (χ1) is 13.7. The number of ether oxygens (including phenoxy) is 1. The fraction of sp³-hybridized carbons (Fsp3) is 0.200. The van der Waals surface area contributed by atoms with Crippen molar-refractivity contribution in [3.8, 4) is 11.3 Å². The highest BCUT2D eigenvalue weighted by Crippen LogP contribution is 2.32. The minimum atomic E-state index is -4.50. The molecule has 0 spiro atoms. The minimum absolute atomic E-state index is 0.0676. The molecule has 9 heteroatoms. The Hall–Kier alpha value is -3.49. The van der Waals surface area contributed by atoms with E-state index in [9.17, 15) is 22.8 Å². The summed E-state index contributed by atoms with van der Waals surface area (Å²) in [6.07, 6.45) is -4.15. The van der Waals surface area contributed by atoms with Crippen molar-refractivity contribution in [1.29, 1.82) is 0 Å². The molecule has 1 N–H and O–H groups in total. The summed E-state index contributed by atoms with van der Waals surface area (Å²) in [6, 6.07) is 10.5. The molecule has 3 rings (SSSR count). The lowest BCUT2D eigenvalue weighted by Crippen LogP contribution is -2.35. The molecule has 0 saturated carbocycles. The first kappa shape index (κ1) is 20.2. The van der Waals surface area contributed by atoms with Gasteiger partial charge in [0, 0.05) is 5.56 Å². The molecule has 3 aromatic rings. The van der Waals surface area contributed by atoms with Gasteiger partial charge >= 0.3 is 12.1 Å². The smallest absolute Gasteiger partial charge is 0.416 e. The van der Waals surface area contributed by atoms with E-state index in [1.54, 1.807) is 12.1 Å². The summed E-state index contributed by atoms with van der Waals surface area (Å²) >= 11 is 0. The third-order valence-electron chi connectivity index (χ3n) is 3.95. The molecule has 2 heterocycles. The van der Waals surface area contributed by atoms with Gasteiger partial charge in [-0.05, 0) is 43.3 Å². The van der Waals surface area contributed by atoms with Gasteiger partial charge in [0.1, 0.15) is 11.5 Å². The lowest BCUT2D eigenvalue weighted by Gasteiger charge is -2.12. The molecule has 29 heavy (non-hydrogen) atoms. The quantitative estimate of drug-likeness (QED) is 0.612. The predicted octanol–water partition coefficient (Wildman–Crippen LogP) is 4.42. The molecule has 2 aromatic heterocycles. The molecule has 0 saturated heterocycles. The van der Waals surface area contributed by atoms with Gasteiger partial charge in [-0.2, -0.15) is 13.2 Å². The van der Waals surface area contributed by atoms with Gasteiger partial charge in [-0.3, -0.25) is 4.79 Å². The van der Waals surface area contributed by atoms with E-state index >= 15 is 0 Å². The van der Waals surface area contributed by atoms with Crippen LogP contribution in [0.1, 0.15) is 28.8 Å². The van der Waals surface area contributed by atoms with Crippen molar-refractivity contribution in [2.45, 2.75) is 25.7 Å². The van der Waals surface area contributed by atoms with Gasteiger partial charge in [0.25, 0.3) is 5.91 Å². The first-order valence-electron chi connectivity index (χ1n) is 8.52. The molecule has 0 aliphatic heterocycles. The van der Waals surface area contributed by atoms with Gasteiger partial charge in [-0.25, -0.2) is 4.79 Å². The normalized spacial score (nSPS) is 12.4. The maximum Gasteiger partial charge on any atom is 0.416 e. The summed E-state index contributed by atoms with van der Waals surface area (Å²) in [5.41, 5.74) is -0.680. The number of carbonyl (C=O) groups excluding carboxylic acids is 2. The summed E-state index contributed by atoms with van der Waals surface area (Å²) < 4.78 is 54.0. The Balaban J connectivity index is 1.62. The van der Waals surface area contributed by atoms with Crippen molar-refractivity contribution in [3.05, 3.63) is 71.9 Å². The van der Waals surface area contributed by atoms with Gasteiger partial charge in [0.05, 0.1) is 18.4 Å². The van der Waals surface area contributed by atoms with Crippen molar-refractivity contribution in [3.63, 3.8) is 0 Å². The Morgan fingerprint density at radius 1 is 1.14 bits per heavy atom. The highest BCUT2D eigenvalue weighted by Gasteiger charge is 2.30. The maximum atomic E-state index is 12.8. The lowest BCUT2D eigenvalue weighted by atomic mass is 10.1. The number of benzene rings is 1. The highest BCUT2D eigenvalue weighted by atomic mass is 19.4. The molecule has 0 bridgehead atoms. The van der Waals surface area contributed by atoms with E-state index < -0.39 is 29.7 Å². The van der Waals surface area contributed by atoms with Gasteiger partial charge in [0.2, 0.25) is 5.76 Å². The molecule has 0 fully saturated rings. The van der Waals surface area contributed by atoms with E-state index in [4.69, 9.17) is 13.6 Å². The second-order valence-electron chi connectivity index (χ2n) is 6.09. The van der Waals surface area contributed by atoms with E-state index in [1.807, 2.05) is 0 Å². The molecule has 0 radical (unpaired) electrons. The number of furan rings is 2. The van der Waals surface area contributed by atoms with Crippen LogP contribution in [0.3, 0.4) is 0 Å². The SMILES string of the molecule is CC(OC(=O)c1ccc(-c2cccc(C(F)(F)F)c2)o1)C(=O)NCc1ccco1. The molecule has 1 amide bonds. The Morgan fingerprint density at radius 2 is 1.93 bits per heavy atom. The molecule has 1 atom stereocenters. The molecule has 6 nitrogen and oxygen atoms in total. The van der Waals surface area contributed by atoms with Crippen LogP contribution in [0.25, 0.3) is 11.3 Å². The zero-order chi connectivity index (χ0) is 21.0. The van der Waals surface area contributed by atoms with Crippen LogP contribution in [0.2, 0.25) is 0 Å². The molecular weight excluding hydrogens is 391 g/mol. The number of amides is 1. The summed E-state index contributed by atoms with van der Waals surface area (Å²) in [6.45, 7) is 1.51. The number of hydrogen-bond acceptors (Lipinski definition) is 5. The molecular formula is C20H16F3NO5. The van der Waals surface area contributed by atoms with Crippen LogP contribution in [0.5, 0.6) is 0 Å². The summed E-state index contributed by atoms with van der Waals surface area (Å²) in [7, 11) is 0. The number of hydrogen-bond donors (Lipinski definition) is 1. The van der Waals surface area contributed by atoms with Gasteiger partial charge in [0.15, 0.2) is 6.10 Å². The summed E-state index contributed by atoms with van der Waals surface area (Å²) in [4.78, 5) is 24.2. The average molecular weight is 407 g/mol. The molecule has 1 unspecified atom stereocenters. The topological polar surface area (TPSA) is 81.7 Å². The number of halogens is 3. The summed E-state index contributed by atoms with van der Waals surface area (Å²) in [5.74, 6) is -1.09. The number of esters is 1. The maximum absolute atomic E-state index is 12.8. The number of nitrogens with one attached hydrogen (secondary N) is 1. The van der Waals surface area contributed by atoms with Crippen LogP contribution in [0.4, 0.5) is 13.2 Å². The average Bonchev–Trinajstić information content (AvgIpc) is 3.37. The van der Waals surface area contributed by atoms with Crippen LogP contribution in [0, 0.1) is 0 Å². The lowest BCUT2D eigenvalue weighted by molar-refractivity contribution is -0.137. The third kappa shape index (κ3) is 5.07. The van der Waals surface area contributed by atoms with E-state index in [-0.39, 0.29) is 23.6 Å². The molecule has 1 aromatic carbocycles. The van der Waals surface area contributed by atoms with Crippen LogP contribution >= 0.6 is 0 Å². The van der Waals surface area contributed by atoms with Crippen molar-refractivity contribution in [1.82, 2.24) is 5.32 Å². The van der Waals surface area contributed by atoms with Crippen molar-refractivity contribution in [2.75, 3.05) is 0 Å². The molecule has 0 aliphatic rings. The van der Waals surface area contributed by atoms with E-state index in [0.29, 0.717) is 5.76 Å². The van der Waals surface area contributed by atoms with Crippen molar-refractivity contribution >= 4 is 11.9 Å². The highest BCUT2D eigenvalue weighted by molar-refractivity contribution is 5.90. The van der Waals surface area contributed by atoms with Gasteiger partial charge in [-0.15, -0.1) is 0 Å². The van der Waals surface area contributed by atoms with Crippen LogP contribution in [-0.4, -0.2) is 18.0 Å². The Labute approximate surface area is 163 Å². The molecule has 152 valence electrons. The predicted molar refractivity (Wildman–Crippen MR) is 94.6 cm³/mol. The summed E-state index contributed by atoms with van der Waals surface area (Å²) in [5, 5.41) is 2.55. The second kappa shape index (κ2) is 8.26. The Kier molecular flexibility index (Phi) is 5.76. The second-order valence-corrected chi connectivity index (χ2v) is 6.09. The molecule has 0 aliphatic carbocycles. The zero-order valence-corrected chi connectivity index (χ0v) is 15.2. The van der Waals surface area contributed by atoms with Gasteiger partial charge < -0.3 is 18.9 Å². The minimum Gasteiger partial charge on any atom is -0.467 e. The van der Waals surface area contributed by atoms with Crippen LogP contribution in [-0.2, 0) is 22.3 Å². The van der Waals surface area contributed by atoms with E-state index in [2.05, 4.69) is 5.32 Å². The van der Waals surface area contributed by atoms with E-state index in [0.717, 1.165) is 12.1 Å². The van der Waals surface area contributed by atoms with Crippen molar-refractivity contribution < 1.29 is 36.3 Å². The largest absolute Gasteiger partial charge is 0.467 e. The van der Waals surface area contributed by atoms with Crippen LogP contribution in [0.15, 0.2) is 63.6 Å².